The third kappa shape index (κ3) is 7.40. The van der Waals surface area contributed by atoms with Crippen molar-refractivity contribution in [1.29, 1.82) is 0 Å². The third-order valence-corrected chi connectivity index (χ3v) is 6.41. The summed E-state index contributed by atoms with van der Waals surface area (Å²) in [5.41, 5.74) is 4.25. The molecule has 0 saturated heterocycles. The molecule has 0 saturated carbocycles. The highest BCUT2D eigenvalue weighted by atomic mass is 16.6. The highest BCUT2D eigenvalue weighted by molar-refractivity contribution is 5.94. The minimum Gasteiger partial charge on any atom is -0.486 e. The minimum absolute atomic E-state index is 0.00272. The molecule has 2 unspecified atom stereocenters. The van der Waals surface area contributed by atoms with Gasteiger partial charge in [0.05, 0.1) is 12.4 Å². The molecule has 3 aliphatic rings. The lowest BCUT2D eigenvalue weighted by Crippen LogP contribution is -2.39. The number of rotatable bonds is 11. The third-order valence-electron chi connectivity index (χ3n) is 6.41. The summed E-state index contributed by atoms with van der Waals surface area (Å²) in [6.07, 6.45) is 14.5. The number of hydrogen-bond acceptors (Lipinski definition) is 7. The molecule has 3 rings (SSSR count). The van der Waals surface area contributed by atoms with Crippen LogP contribution in [0.1, 0.15) is 59.3 Å². The summed E-state index contributed by atoms with van der Waals surface area (Å²) < 4.78 is 10.5. The van der Waals surface area contributed by atoms with E-state index in [0.717, 1.165) is 62.1 Å². The van der Waals surface area contributed by atoms with Gasteiger partial charge in [0.2, 0.25) is 5.91 Å². The Bertz CT molecular complexity index is 986. The highest BCUT2D eigenvalue weighted by Crippen LogP contribution is 2.33. The normalized spacial score (nSPS) is 21.8. The molecule has 0 radical (unpaired) electrons. The van der Waals surface area contributed by atoms with Crippen molar-refractivity contribution in [2.24, 2.45) is 16.2 Å². The summed E-state index contributed by atoms with van der Waals surface area (Å²) in [5.74, 6) is 5.88. The van der Waals surface area contributed by atoms with Gasteiger partial charge in [0.15, 0.2) is 6.61 Å². The molecule has 0 bridgehead atoms. The summed E-state index contributed by atoms with van der Waals surface area (Å²) in [7, 11) is 0. The molecular weight excluding hydrogens is 458 g/mol. The zero-order valence-electron chi connectivity index (χ0n) is 21.7. The second-order valence-electron chi connectivity index (χ2n) is 9.11. The quantitative estimate of drug-likeness (QED) is 0.193. The number of hydrogen-bond donors (Lipinski definition) is 2. The molecule has 0 fully saturated rings. The first-order chi connectivity index (χ1) is 17.5. The van der Waals surface area contributed by atoms with Crippen LogP contribution in [0, 0.1) is 0 Å². The van der Waals surface area contributed by atoms with Crippen molar-refractivity contribution in [2.75, 3.05) is 26.3 Å². The molecule has 0 aromatic heterocycles. The standard InChI is InChI=1S/C27H39N5O4/c1-4-13-32(14-5-2)27(34)22-15-21-8-7-20(16-24(21)29-25(17-22)30-31-28)19-9-11-23(12-10-19)36-18-26(33)35-6-3/h7-9,11,15,24-25,29H,4-6,10,12-14,16-18H2,1-3H3,(H2,28,30). The zero-order chi connectivity index (χ0) is 25.9. The van der Waals surface area contributed by atoms with Crippen LogP contribution >= 0.6 is 0 Å². The average Bonchev–Trinajstić information content (AvgIpc) is 3.06. The molecule has 0 aromatic rings. The van der Waals surface area contributed by atoms with Crippen LogP contribution in [0.2, 0.25) is 0 Å². The fourth-order valence-corrected chi connectivity index (χ4v) is 4.74. The number of carbonyl (C=O) groups excluding carboxylic acids is 2. The average molecular weight is 498 g/mol. The van der Waals surface area contributed by atoms with Crippen molar-refractivity contribution >= 4 is 11.9 Å². The zero-order valence-corrected chi connectivity index (χ0v) is 21.7. The molecule has 9 heteroatoms. The molecule has 36 heavy (non-hydrogen) atoms. The van der Waals surface area contributed by atoms with E-state index in [1.54, 1.807) is 6.92 Å². The van der Waals surface area contributed by atoms with Gasteiger partial charge in [0.1, 0.15) is 6.17 Å². The maximum absolute atomic E-state index is 13.4. The molecule has 9 nitrogen and oxygen atoms in total. The first-order valence-electron chi connectivity index (χ1n) is 12.9. The molecule has 0 spiro atoms. The minimum atomic E-state index is -0.367. The lowest BCUT2D eigenvalue weighted by Gasteiger charge is -2.27. The number of nitrogens with zero attached hydrogens (tertiary/aromatic N) is 3. The Morgan fingerprint density at radius 1 is 1.06 bits per heavy atom. The van der Waals surface area contributed by atoms with Crippen LogP contribution in [-0.2, 0) is 19.1 Å². The van der Waals surface area contributed by atoms with Gasteiger partial charge in [-0.25, -0.2) is 4.79 Å². The molecule has 196 valence electrons. The first kappa shape index (κ1) is 27.4. The summed E-state index contributed by atoms with van der Waals surface area (Å²) in [5, 5.41) is 11.2. The van der Waals surface area contributed by atoms with Gasteiger partial charge in [0, 0.05) is 37.5 Å². The van der Waals surface area contributed by atoms with Gasteiger partial charge < -0.3 is 20.2 Å². The van der Waals surface area contributed by atoms with E-state index in [4.69, 9.17) is 15.3 Å². The fourth-order valence-electron chi connectivity index (χ4n) is 4.74. The SMILES string of the molecule is CCCN(CCC)C(=O)C1=CC2=CC=C(C3=CC=C(OCC(=O)OCC)CC3)CC2NC(N=NN)C1. The van der Waals surface area contributed by atoms with E-state index in [2.05, 4.69) is 47.7 Å². The number of nitrogens with two attached hydrogens (primary N) is 1. The first-order valence-corrected chi connectivity index (χ1v) is 12.9. The van der Waals surface area contributed by atoms with Crippen LogP contribution < -0.4 is 11.2 Å². The van der Waals surface area contributed by atoms with Crippen molar-refractivity contribution in [1.82, 2.24) is 10.2 Å². The van der Waals surface area contributed by atoms with Crippen LogP contribution in [0.3, 0.4) is 0 Å². The van der Waals surface area contributed by atoms with E-state index < -0.39 is 0 Å². The Hall–Kier alpha value is -3.20. The van der Waals surface area contributed by atoms with Crippen LogP contribution in [0.15, 0.2) is 68.8 Å². The summed E-state index contributed by atoms with van der Waals surface area (Å²) in [4.78, 5) is 26.8. The van der Waals surface area contributed by atoms with Crippen molar-refractivity contribution < 1.29 is 19.1 Å². The molecule has 2 aliphatic carbocycles. The van der Waals surface area contributed by atoms with Gasteiger partial charge >= 0.3 is 5.97 Å². The van der Waals surface area contributed by atoms with Crippen molar-refractivity contribution in [3.63, 3.8) is 0 Å². The van der Waals surface area contributed by atoms with Crippen LogP contribution in [0.5, 0.6) is 0 Å². The number of fused-ring (bicyclic) bond motifs is 1. The summed E-state index contributed by atoms with van der Waals surface area (Å²) in [6.45, 7) is 7.69. The molecule has 1 aliphatic heterocycles. The van der Waals surface area contributed by atoms with Gasteiger partial charge in [-0.1, -0.05) is 37.3 Å². The van der Waals surface area contributed by atoms with Crippen LogP contribution in [0.4, 0.5) is 0 Å². The Morgan fingerprint density at radius 3 is 2.44 bits per heavy atom. The lowest BCUT2D eigenvalue weighted by atomic mass is 9.85. The number of carbonyl (C=O) groups is 2. The predicted octanol–water partition coefficient (Wildman–Crippen LogP) is 4.02. The predicted molar refractivity (Wildman–Crippen MR) is 138 cm³/mol. The topological polar surface area (TPSA) is 119 Å². The number of ether oxygens (including phenoxy) is 2. The van der Waals surface area contributed by atoms with E-state index in [1.807, 2.05) is 17.1 Å². The molecule has 0 aromatic carbocycles. The van der Waals surface area contributed by atoms with Gasteiger partial charge in [-0.2, -0.15) is 5.11 Å². The van der Waals surface area contributed by atoms with Gasteiger partial charge in [-0.05, 0) is 61.5 Å². The molecule has 1 amide bonds. The smallest absolute Gasteiger partial charge is 0.344 e. The Balaban J connectivity index is 1.79. The Morgan fingerprint density at radius 2 is 1.81 bits per heavy atom. The Labute approximate surface area is 213 Å². The monoisotopic (exact) mass is 497 g/mol. The molecule has 1 heterocycles. The van der Waals surface area contributed by atoms with E-state index in [1.165, 1.54) is 11.1 Å². The second kappa shape index (κ2) is 13.8. The van der Waals surface area contributed by atoms with Gasteiger partial charge in [-0.3, -0.25) is 10.1 Å². The van der Waals surface area contributed by atoms with Crippen LogP contribution in [0.25, 0.3) is 0 Å². The largest absolute Gasteiger partial charge is 0.486 e. The maximum atomic E-state index is 13.4. The number of amides is 1. The van der Waals surface area contributed by atoms with E-state index in [9.17, 15) is 9.59 Å². The van der Waals surface area contributed by atoms with Crippen LogP contribution in [-0.4, -0.2) is 55.3 Å². The van der Waals surface area contributed by atoms with E-state index >= 15 is 0 Å². The summed E-state index contributed by atoms with van der Waals surface area (Å²) >= 11 is 0. The number of allylic oxidation sites excluding steroid dienone is 6. The van der Waals surface area contributed by atoms with Crippen molar-refractivity contribution in [3.05, 3.63) is 58.4 Å². The van der Waals surface area contributed by atoms with E-state index in [0.29, 0.717) is 13.0 Å². The summed E-state index contributed by atoms with van der Waals surface area (Å²) in [6, 6.07) is 0.00272. The molecule has 2 atom stereocenters. The number of esters is 1. The molecule has 3 N–H and O–H groups in total. The van der Waals surface area contributed by atoms with Crippen molar-refractivity contribution in [3.8, 4) is 0 Å². The maximum Gasteiger partial charge on any atom is 0.344 e. The molecular formula is C27H39N5O4. The Kier molecular flexibility index (Phi) is 10.5. The highest BCUT2D eigenvalue weighted by Gasteiger charge is 2.30. The van der Waals surface area contributed by atoms with Gasteiger partial charge in [0.25, 0.3) is 0 Å². The van der Waals surface area contributed by atoms with Gasteiger partial charge in [-0.15, -0.1) is 0 Å². The van der Waals surface area contributed by atoms with E-state index in [-0.39, 0.29) is 30.7 Å². The second-order valence-corrected chi connectivity index (χ2v) is 9.11. The van der Waals surface area contributed by atoms with Crippen molar-refractivity contribution in [2.45, 2.75) is 71.5 Å². The fraction of sp³-hybridized carbons (Fsp3) is 0.556. The lowest BCUT2D eigenvalue weighted by molar-refractivity contribution is -0.147. The number of nitrogens with one attached hydrogen (secondary N) is 1.